The van der Waals surface area contributed by atoms with E-state index in [-0.39, 0.29) is 6.61 Å². The van der Waals surface area contributed by atoms with Gasteiger partial charge >= 0.3 is 5.97 Å². The minimum absolute atomic E-state index is 0.352. The summed E-state index contributed by atoms with van der Waals surface area (Å²) in [7, 11) is 0. The molecular weight excluding hydrogens is 334 g/mol. The number of anilines is 1. The molecule has 0 saturated carbocycles. The molecule has 0 aliphatic rings. The molecule has 6 heteroatoms. The zero-order valence-electron chi connectivity index (χ0n) is 12.8. The summed E-state index contributed by atoms with van der Waals surface area (Å²) < 4.78 is 5.01. The highest BCUT2D eigenvalue weighted by Crippen LogP contribution is 2.20. The Kier molecular flexibility index (Phi) is 6.07. The molecule has 0 spiro atoms. The number of rotatable bonds is 5. The van der Waals surface area contributed by atoms with Gasteiger partial charge in [-0.2, -0.15) is 0 Å². The Balaban J connectivity index is 1.90. The second kappa shape index (κ2) is 8.04. The van der Waals surface area contributed by atoms with Crippen LogP contribution in [-0.4, -0.2) is 24.7 Å². The van der Waals surface area contributed by atoms with Crippen LogP contribution in [0.4, 0.5) is 5.69 Å². The van der Waals surface area contributed by atoms with Crippen LogP contribution in [0.5, 0.6) is 0 Å². The molecule has 0 aliphatic carbocycles. The van der Waals surface area contributed by atoms with Crippen molar-refractivity contribution in [3.05, 3.63) is 58.6 Å². The highest BCUT2D eigenvalue weighted by atomic mass is 35.5. The topological polar surface area (TPSA) is 55.4 Å². The Morgan fingerprint density at radius 3 is 2.52 bits per heavy atom. The number of carbonyl (C=O) groups is 2. The van der Waals surface area contributed by atoms with Gasteiger partial charge in [0, 0.05) is 15.6 Å². The third-order valence-electron chi connectivity index (χ3n) is 3.13. The zero-order chi connectivity index (χ0) is 16.8. The number of amides is 1. The number of halogens is 1. The molecule has 0 fully saturated rings. The van der Waals surface area contributed by atoms with Crippen molar-refractivity contribution in [2.75, 3.05) is 18.2 Å². The van der Waals surface area contributed by atoms with E-state index in [9.17, 15) is 9.59 Å². The lowest BCUT2D eigenvalue weighted by Crippen LogP contribution is -2.21. The number of aryl methyl sites for hydroxylation is 1. The van der Waals surface area contributed by atoms with Gasteiger partial charge < -0.3 is 10.1 Å². The largest absolute Gasteiger partial charge is 0.452 e. The molecule has 1 amide bonds. The fourth-order valence-corrected chi connectivity index (χ4v) is 2.44. The molecule has 0 unspecified atom stereocenters. The molecule has 0 bridgehead atoms. The molecule has 0 saturated heterocycles. The SMILES string of the molecule is CSc1ccc(C(=O)OCC(=O)Nc2cc(Cl)ccc2C)cc1. The van der Waals surface area contributed by atoms with Crippen molar-refractivity contribution < 1.29 is 14.3 Å². The summed E-state index contributed by atoms with van der Waals surface area (Å²) in [6.45, 7) is 1.50. The van der Waals surface area contributed by atoms with Crippen LogP contribution >= 0.6 is 23.4 Å². The molecule has 1 N–H and O–H groups in total. The average molecular weight is 350 g/mol. The van der Waals surface area contributed by atoms with E-state index in [1.54, 1.807) is 42.1 Å². The molecule has 0 aliphatic heterocycles. The summed E-state index contributed by atoms with van der Waals surface area (Å²) in [6.07, 6.45) is 1.95. The Hall–Kier alpha value is -1.98. The minimum Gasteiger partial charge on any atom is -0.452 e. The first-order chi connectivity index (χ1) is 11.0. The molecule has 4 nitrogen and oxygen atoms in total. The number of carbonyl (C=O) groups excluding carboxylic acids is 2. The second-order valence-corrected chi connectivity index (χ2v) is 6.13. The number of hydrogen-bond acceptors (Lipinski definition) is 4. The van der Waals surface area contributed by atoms with E-state index < -0.39 is 11.9 Å². The predicted molar refractivity (Wildman–Crippen MR) is 93.3 cm³/mol. The number of thioether (sulfide) groups is 1. The van der Waals surface area contributed by atoms with Gasteiger partial charge in [0.25, 0.3) is 5.91 Å². The smallest absolute Gasteiger partial charge is 0.338 e. The maximum Gasteiger partial charge on any atom is 0.338 e. The van der Waals surface area contributed by atoms with E-state index in [1.165, 1.54) is 0 Å². The van der Waals surface area contributed by atoms with Crippen LogP contribution in [0, 0.1) is 6.92 Å². The van der Waals surface area contributed by atoms with E-state index in [2.05, 4.69) is 5.32 Å². The maximum absolute atomic E-state index is 11.9. The van der Waals surface area contributed by atoms with Crippen LogP contribution < -0.4 is 5.32 Å². The molecule has 2 rings (SSSR count). The molecular formula is C17H16ClNO3S. The molecule has 0 atom stereocenters. The Labute approximate surface area is 144 Å². The molecule has 2 aromatic carbocycles. The van der Waals surface area contributed by atoms with Gasteiger partial charge in [-0.3, -0.25) is 4.79 Å². The number of ether oxygens (including phenoxy) is 1. The summed E-state index contributed by atoms with van der Waals surface area (Å²) in [6, 6.07) is 12.2. The van der Waals surface area contributed by atoms with Gasteiger partial charge in [0.1, 0.15) is 0 Å². The van der Waals surface area contributed by atoms with Crippen LogP contribution in [0.3, 0.4) is 0 Å². The first kappa shape index (κ1) is 17.4. The number of esters is 1. The van der Waals surface area contributed by atoms with Crippen LogP contribution in [0.15, 0.2) is 47.4 Å². The lowest BCUT2D eigenvalue weighted by atomic mass is 10.2. The van der Waals surface area contributed by atoms with Gasteiger partial charge in [0.2, 0.25) is 0 Å². The normalized spacial score (nSPS) is 10.2. The van der Waals surface area contributed by atoms with Crippen molar-refractivity contribution in [3.8, 4) is 0 Å². The standard InChI is InChI=1S/C17H16ClNO3S/c1-11-3-6-13(18)9-15(11)19-16(20)10-22-17(21)12-4-7-14(23-2)8-5-12/h3-9H,10H2,1-2H3,(H,19,20). The van der Waals surface area contributed by atoms with Gasteiger partial charge in [0.05, 0.1) is 5.56 Å². The first-order valence-corrected chi connectivity index (χ1v) is 8.47. The molecule has 0 aromatic heterocycles. The summed E-state index contributed by atoms with van der Waals surface area (Å²) in [5, 5.41) is 3.20. The average Bonchev–Trinajstić information content (AvgIpc) is 2.56. The summed E-state index contributed by atoms with van der Waals surface area (Å²) in [4.78, 5) is 24.8. The lowest BCUT2D eigenvalue weighted by molar-refractivity contribution is -0.119. The van der Waals surface area contributed by atoms with Crippen molar-refractivity contribution in [2.45, 2.75) is 11.8 Å². The molecule has 120 valence electrons. The highest BCUT2D eigenvalue weighted by molar-refractivity contribution is 7.98. The van der Waals surface area contributed by atoms with E-state index in [4.69, 9.17) is 16.3 Å². The quantitative estimate of drug-likeness (QED) is 0.650. The highest BCUT2D eigenvalue weighted by Gasteiger charge is 2.11. The van der Waals surface area contributed by atoms with E-state index in [0.29, 0.717) is 16.3 Å². The molecule has 0 radical (unpaired) electrons. The van der Waals surface area contributed by atoms with Gasteiger partial charge in [-0.25, -0.2) is 4.79 Å². The van der Waals surface area contributed by atoms with E-state index in [0.717, 1.165) is 10.5 Å². The van der Waals surface area contributed by atoms with Crippen molar-refractivity contribution in [2.24, 2.45) is 0 Å². The Morgan fingerprint density at radius 2 is 1.87 bits per heavy atom. The van der Waals surface area contributed by atoms with Crippen molar-refractivity contribution in [3.63, 3.8) is 0 Å². The maximum atomic E-state index is 11.9. The van der Waals surface area contributed by atoms with Crippen molar-refractivity contribution in [1.29, 1.82) is 0 Å². The van der Waals surface area contributed by atoms with Crippen LogP contribution in [0.1, 0.15) is 15.9 Å². The molecule has 2 aromatic rings. The van der Waals surface area contributed by atoms with Crippen LogP contribution in [0.25, 0.3) is 0 Å². The third-order valence-corrected chi connectivity index (χ3v) is 4.11. The molecule has 23 heavy (non-hydrogen) atoms. The monoisotopic (exact) mass is 349 g/mol. The minimum atomic E-state index is -0.532. The van der Waals surface area contributed by atoms with E-state index >= 15 is 0 Å². The summed E-state index contributed by atoms with van der Waals surface area (Å²) in [5.41, 5.74) is 1.89. The number of nitrogens with one attached hydrogen (secondary N) is 1. The summed E-state index contributed by atoms with van der Waals surface area (Å²) >= 11 is 7.48. The Morgan fingerprint density at radius 1 is 1.17 bits per heavy atom. The van der Waals surface area contributed by atoms with Gasteiger partial charge in [-0.15, -0.1) is 11.8 Å². The molecule has 0 heterocycles. The number of hydrogen-bond donors (Lipinski definition) is 1. The predicted octanol–water partition coefficient (Wildman–Crippen LogP) is 4.17. The Bertz CT molecular complexity index is 716. The van der Waals surface area contributed by atoms with Crippen LogP contribution in [0.2, 0.25) is 5.02 Å². The fraction of sp³-hybridized carbons (Fsp3) is 0.176. The zero-order valence-corrected chi connectivity index (χ0v) is 14.3. The number of benzene rings is 2. The second-order valence-electron chi connectivity index (χ2n) is 4.81. The van der Waals surface area contributed by atoms with Gasteiger partial charge in [0.15, 0.2) is 6.61 Å². The van der Waals surface area contributed by atoms with Crippen molar-refractivity contribution in [1.82, 2.24) is 0 Å². The van der Waals surface area contributed by atoms with E-state index in [1.807, 2.05) is 25.3 Å². The van der Waals surface area contributed by atoms with Crippen molar-refractivity contribution >= 4 is 40.9 Å². The van der Waals surface area contributed by atoms with Gasteiger partial charge in [-0.1, -0.05) is 17.7 Å². The summed E-state index contributed by atoms with van der Waals surface area (Å²) in [5.74, 6) is -0.944. The van der Waals surface area contributed by atoms with Gasteiger partial charge in [-0.05, 0) is 55.1 Å². The van der Waals surface area contributed by atoms with Crippen LogP contribution in [-0.2, 0) is 9.53 Å². The fourth-order valence-electron chi connectivity index (χ4n) is 1.86. The first-order valence-electron chi connectivity index (χ1n) is 6.87. The lowest BCUT2D eigenvalue weighted by Gasteiger charge is -2.09. The third kappa shape index (κ3) is 5.01.